The van der Waals surface area contributed by atoms with Crippen molar-refractivity contribution in [3.8, 4) is 11.5 Å². The summed E-state index contributed by atoms with van der Waals surface area (Å²) in [5, 5.41) is 4.81. The molecule has 0 saturated heterocycles. The van der Waals surface area contributed by atoms with Gasteiger partial charge >= 0.3 is 0 Å². The summed E-state index contributed by atoms with van der Waals surface area (Å²) in [7, 11) is 1.65. The number of carbonyl (C=O) groups is 2. The summed E-state index contributed by atoms with van der Waals surface area (Å²) in [4.78, 5) is 28.1. The van der Waals surface area contributed by atoms with Crippen LogP contribution in [-0.2, 0) is 17.8 Å². The highest BCUT2D eigenvalue weighted by molar-refractivity contribution is 7.12. The van der Waals surface area contributed by atoms with Crippen LogP contribution >= 0.6 is 11.3 Å². The molecule has 32 heavy (non-hydrogen) atoms. The molecule has 0 bridgehead atoms. The maximum atomic E-state index is 13.1. The lowest BCUT2D eigenvalue weighted by molar-refractivity contribution is -0.138. The summed E-state index contributed by atoms with van der Waals surface area (Å²) in [5.74, 6) is 1.32. The lowest BCUT2D eigenvalue weighted by Gasteiger charge is -2.23. The molecule has 2 heterocycles. The summed E-state index contributed by atoms with van der Waals surface area (Å²) >= 11 is 1.39. The van der Waals surface area contributed by atoms with Gasteiger partial charge in [0.1, 0.15) is 11.5 Å². The Labute approximate surface area is 191 Å². The van der Waals surface area contributed by atoms with Crippen molar-refractivity contribution in [3.05, 3.63) is 76.0 Å². The molecule has 2 amide bonds. The molecule has 0 spiro atoms. The summed E-state index contributed by atoms with van der Waals surface area (Å²) in [5.41, 5.74) is 2.61. The second kappa shape index (κ2) is 9.87. The normalized spacial score (nSPS) is 15.5. The SMILES string of the molecule is CCC1Oc2ccc(NC(=O)c3cccs3)cc2CN(CCc2ccccc2OC)C1=O. The number of ether oxygens (including phenoxy) is 2. The van der Waals surface area contributed by atoms with Gasteiger partial charge in [-0.3, -0.25) is 9.59 Å². The molecule has 7 heteroatoms. The molecule has 3 aromatic rings. The third-order valence-electron chi connectivity index (χ3n) is 5.50. The van der Waals surface area contributed by atoms with E-state index in [1.165, 1.54) is 11.3 Å². The Hall–Kier alpha value is -3.32. The summed E-state index contributed by atoms with van der Waals surface area (Å²) in [6.45, 7) is 2.91. The molecule has 1 unspecified atom stereocenters. The largest absolute Gasteiger partial charge is 0.496 e. The molecule has 4 rings (SSSR count). The van der Waals surface area contributed by atoms with Crippen LogP contribution in [0.4, 0.5) is 5.69 Å². The Balaban J connectivity index is 1.54. The molecule has 166 valence electrons. The number of rotatable bonds is 7. The summed E-state index contributed by atoms with van der Waals surface area (Å²) < 4.78 is 11.5. The first-order valence-corrected chi connectivity index (χ1v) is 11.5. The van der Waals surface area contributed by atoms with E-state index in [1.54, 1.807) is 13.2 Å². The van der Waals surface area contributed by atoms with Crippen molar-refractivity contribution in [1.82, 2.24) is 4.90 Å². The van der Waals surface area contributed by atoms with E-state index < -0.39 is 6.10 Å². The quantitative estimate of drug-likeness (QED) is 0.564. The highest BCUT2D eigenvalue weighted by Crippen LogP contribution is 2.30. The predicted molar refractivity (Wildman–Crippen MR) is 126 cm³/mol. The van der Waals surface area contributed by atoms with Crippen LogP contribution < -0.4 is 14.8 Å². The average molecular weight is 451 g/mol. The third-order valence-corrected chi connectivity index (χ3v) is 6.36. The monoisotopic (exact) mass is 450 g/mol. The van der Waals surface area contributed by atoms with Gasteiger partial charge < -0.3 is 19.7 Å². The highest BCUT2D eigenvalue weighted by atomic mass is 32.1. The topological polar surface area (TPSA) is 67.9 Å². The Morgan fingerprint density at radius 3 is 2.81 bits per heavy atom. The minimum atomic E-state index is -0.527. The third kappa shape index (κ3) is 4.78. The Morgan fingerprint density at radius 1 is 1.22 bits per heavy atom. The Bertz CT molecular complexity index is 1100. The van der Waals surface area contributed by atoms with E-state index in [-0.39, 0.29) is 11.8 Å². The highest BCUT2D eigenvalue weighted by Gasteiger charge is 2.30. The molecular formula is C25H26N2O4S. The van der Waals surface area contributed by atoms with Crippen LogP contribution in [0.1, 0.15) is 34.1 Å². The van der Waals surface area contributed by atoms with E-state index in [0.717, 1.165) is 16.9 Å². The van der Waals surface area contributed by atoms with Gasteiger partial charge in [-0.15, -0.1) is 11.3 Å². The van der Waals surface area contributed by atoms with E-state index in [0.29, 0.717) is 42.2 Å². The standard InChI is InChI=1S/C25H26N2O4S/c1-3-20-25(29)27(13-12-17-7-4-5-8-21(17)30-2)16-18-15-19(10-11-22(18)31-20)26-24(28)23-9-6-14-32-23/h4-11,14-15,20H,3,12-13,16H2,1-2H3,(H,26,28). The molecule has 2 aromatic carbocycles. The first-order chi connectivity index (χ1) is 15.6. The molecule has 6 nitrogen and oxygen atoms in total. The minimum absolute atomic E-state index is 0.0252. The number of fused-ring (bicyclic) bond motifs is 1. The number of nitrogens with one attached hydrogen (secondary N) is 1. The lowest BCUT2D eigenvalue weighted by Crippen LogP contribution is -2.40. The second-order valence-corrected chi connectivity index (χ2v) is 8.54. The fourth-order valence-corrected chi connectivity index (χ4v) is 4.42. The van der Waals surface area contributed by atoms with Crippen molar-refractivity contribution in [1.29, 1.82) is 0 Å². The zero-order valence-corrected chi connectivity index (χ0v) is 19.0. The fraction of sp³-hybridized carbons (Fsp3) is 0.280. The van der Waals surface area contributed by atoms with Gasteiger partial charge in [-0.1, -0.05) is 31.2 Å². The van der Waals surface area contributed by atoms with Gasteiger partial charge in [-0.05, 0) is 54.1 Å². The predicted octanol–water partition coefficient (Wildman–Crippen LogP) is 4.75. The Morgan fingerprint density at radius 2 is 2.06 bits per heavy atom. The molecule has 1 atom stereocenters. The van der Waals surface area contributed by atoms with E-state index in [2.05, 4.69) is 5.32 Å². The van der Waals surface area contributed by atoms with Gasteiger partial charge in [-0.25, -0.2) is 0 Å². The van der Waals surface area contributed by atoms with Crippen LogP contribution in [0.25, 0.3) is 0 Å². The molecule has 1 aliphatic heterocycles. The first kappa shape index (κ1) is 21.9. The lowest BCUT2D eigenvalue weighted by atomic mass is 10.1. The molecular weight excluding hydrogens is 424 g/mol. The number of methoxy groups -OCH3 is 1. The van der Waals surface area contributed by atoms with Crippen LogP contribution in [0.3, 0.4) is 0 Å². The van der Waals surface area contributed by atoms with E-state index in [4.69, 9.17) is 9.47 Å². The number of nitrogens with zero attached hydrogens (tertiary/aromatic N) is 1. The number of thiophene rings is 1. The van der Waals surface area contributed by atoms with E-state index in [9.17, 15) is 9.59 Å². The van der Waals surface area contributed by atoms with Crippen LogP contribution in [0.5, 0.6) is 11.5 Å². The van der Waals surface area contributed by atoms with E-state index >= 15 is 0 Å². The molecule has 1 aromatic heterocycles. The van der Waals surface area contributed by atoms with Crippen LogP contribution in [0.2, 0.25) is 0 Å². The number of hydrogen-bond acceptors (Lipinski definition) is 5. The number of amides is 2. The van der Waals surface area contributed by atoms with Crippen molar-refractivity contribution in [2.45, 2.75) is 32.4 Å². The van der Waals surface area contributed by atoms with Gasteiger partial charge in [0.2, 0.25) is 0 Å². The van der Waals surface area contributed by atoms with Crippen LogP contribution in [-0.4, -0.2) is 36.5 Å². The van der Waals surface area contributed by atoms with E-state index in [1.807, 2.05) is 65.7 Å². The van der Waals surface area contributed by atoms with Gasteiger partial charge in [0, 0.05) is 24.3 Å². The zero-order chi connectivity index (χ0) is 22.5. The molecule has 0 fully saturated rings. The minimum Gasteiger partial charge on any atom is -0.496 e. The molecule has 1 N–H and O–H groups in total. The smallest absolute Gasteiger partial charge is 0.265 e. The summed E-state index contributed by atoms with van der Waals surface area (Å²) in [6, 6.07) is 17.0. The molecule has 1 aliphatic rings. The maximum Gasteiger partial charge on any atom is 0.265 e. The zero-order valence-electron chi connectivity index (χ0n) is 18.2. The molecule has 0 saturated carbocycles. The summed E-state index contributed by atoms with van der Waals surface area (Å²) in [6.07, 6.45) is 0.733. The second-order valence-electron chi connectivity index (χ2n) is 7.59. The van der Waals surface area contributed by atoms with Crippen molar-refractivity contribution >= 4 is 28.8 Å². The molecule has 0 aliphatic carbocycles. The molecule has 0 radical (unpaired) electrons. The van der Waals surface area contributed by atoms with Crippen molar-refractivity contribution in [2.75, 3.05) is 19.0 Å². The first-order valence-electron chi connectivity index (χ1n) is 10.6. The Kier molecular flexibility index (Phi) is 6.75. The number of anilines is 1. The van der Waals surface area contributed by atoms with Crippen molar-refractivity contribution in [2.24, 2.45) is 0 Å². The van der Waals surface area contributed by atoms with Gasteiger partial charge in [-0.2, -0.15) is 0 Å². The van der Waals surface area contributed by atoms with Crippen molar-refractivity contribution in [3.63, 3.8) is 0 Å². The van der Waals surface area contributed by atoms with Gasteiger partial charge in [0.05, 0.1) is 12.0 Å². The van der Waals surface area contributed by atoms with Gasteiger partial charge in [0.25, 0.3) is 11.8 Å². The van der Waals surface area contributed by atoms with Gasteiger partial charge in [0.15, 0.2) is 6.10 Å². The number of para-hydroxylation sites is 1. The maximum absolute atomic E-state index is 13.1. The van der Waals surface area contributed by atoms with Crippen molar-refractivity contribution < 1.29 is 19.1 Å². The number of benzene rings is 2. The number of hydrogen-bond donors (Lipinski definition) is 1. The van der Waals surface area contributed by atoms with Crippen LogP contribution in [0.15, 0.2) is 60.0 Å². The number of carbonyl (C=O) groups excluding carboxylic acids is 2. The van der Waals surface area contributed by atoms with Crippen LogP contribution in [0, 0.1) is 0 Å². The average Bonchev–Trinajstić information content (AvgIpc) is 3.32. The fourth-order valence-electron chi connectivity index (χ4n) is 3.80.